The highest BCUT2D eigenvalue weighted by Gasteiger charge is 2.26. The molecule has 1 atom stereocenters. The third-order valence-corrected chi connectivity index (χ3v) is 7.73. The zero-order valence-corrected chi connectivity index (χ0v) is 21.4. The highest BCUT2D eigenvalue weighted by molar-refractivity contribution is 5.82. The number of nitrogens with zero attached hydrogens (tertiary/aromatic N) is 5. The molecule has 0 aromatic carbocycles. The molecular formula is C27H38N6O3. The lowest BCUT2D eigenvalue weighted by Gasteiger charge is -2.25. The van der Waals surface area contributed by atoms with Gasteiger partial charge in [0.25, 0.3) is 0 Å². The highest BCUT2D eigenvalue weighted by Crippen LogP contribution is 2.37. The van der Waals surface area contributed by atoms with Gasteiger partial charge < -0.3 is 15.2 Å². The van der Waals surface area contributed by atoms with E-state index >= 15 is 0 Å². The van der Waals surface area contributed by atoms with Crippen LogP contribution < -0.4 is 5.32 Å². The van der Waals surface area contributed by atoms with Crippen LogP contribution in [-0.4, -0.2) is 61.1 Å². The second kappa shape index (κ2) is 11.1. The molecule has 0 bridgehead atoms. The van der Waals surface area contributed by atoms with E-state index in [1.165, 1.54) is 25.7 Å². The van der Waals surface area contributed by atoms with Crippen LogP contribution in [0, 0.1) is 5.92 Å². The number of fused-ring (bicyclic) bond motifs is 1. The Bertz CT molecular complexity index is 1170. The van der Waals surface area contributed by atoms with Crippen molar-refractivity contribution in [3.05, 3.63) is 30.4 Å². The average Bonchev–Trinajstić information content (AvgIpc) is 3.60. The van der Waals surface area contributed by atoms with Crippen molar-refractivity contribution in [1.29, 1.82) is 0 Å². The summed E-state index contributed by atoms with van der Waals surface area (Å²) in [5.74, 6) is 1.67. The van der Waals surface area contributed by atoms with E-state index in [4.69, 9.17) is 9.84 Å². The number of ketones is 1. The average molecular weight is 495 g/mol. The van der Waals surface area contributed by atoms with Crippen molar-refractivity contribution < 1.29 is 14.6 Å². The molecule has 0 saturated heterocycles. The van der Waals surface area contributed by atoms with E-state index in [1.807, 2.05) is 30.0 Å². The predicted molar refractivity (Wildman–Crippen MR) is 138 cm³/mol. The summed E-state index contributed by atoms with van der Waals surface area (Å²) in [4.78, 5) is 17.2. The Balaban J connectivity index is 1.42. The molecule has 2 aliphatic carbocycles. The summed E-state index contributed by atoms with van der Waals surface area (Å²) in [5.41, 5.74) is 4.02. The van der Waals surface area contributed by atoms with Crippen molar-refractivity contribution in [2.24, 2.45) is 5.92 Å². The van der Waals surface area contributed by atoms with Gasteiger partial charge in [0.05, 0.1) is 37.2 Å². The number of nitrogens with one attached hydrogen (secondary N) is 1. The molecule has 2 saturated carbocycles. The summed E-state index contributed by atoms with van der Waals surface area (Å²) >= 11 is 0. The van der Waals surface area contributed by atoms with Crippen LogP contribution in [0.25, 0.3) is 16.6 Å². The van der Waals surface area contributed by atoms with Gasteiger partial charge in [-0.25, -0.2) is 9.50 Å². The second-order valence-electron chi connectivity index (χ2n) is 10.7. The number of methoxy groups -OCH3 is 1. The maximum absolute atomic E-state index is 12.6. The largest absolute Gasteiger partial charge is 0.393 e. The summed E-state index contributed by atoms with van der Waals surface area (Å²) < 4.78 is 8.99. The van der Waals surface area contributed by atoms with Crippen molar-refractivity contribution in [1.82, 2.24) is 24.4 Å². The molecule has 3 aromatic rings. The Morgan fingerprint density at radius 3 is 2.72 bits per heavy atom. The minimum Gasteiger partial charge on any atom is -0.393 e. The SMILES string of the molecule is COC[C@H](C)Nc1ncc2c(-c3cnn(CC(=O)CC4CCCC4)c3)cc(C3CCC(O)CC3)n2n1. The first-order chi connectivity index (χ1) is 17.5. The fourth-order valence-corrected chi connectivity index (χ4v) is 5.86. The van der Waals surface area contributed by atoms with Crippen LogP contribution in [0.4, 0.5) is 5.95 Å². The summed E-state index contributed by atoms with van der Waals surface area (Å²) in [5, 5.41) is 22.7. The van der Waals surface area contributed by atoms with Gasteiger partial charge in [-0.3, -0.25) is 9.48 Å². The third kappa shape index (κ3) is 5.62. The molecule has 3 aromatic heterocycles. The standard InChI is InChI=1S/C27H38N6O3/c1-18(17-36-2)30-27-28-14-26-24(12-25(33(26)31-27)20-7-9-22(34)10-8-20)21-13-29-32(15-21)16-23(35)11-19-5-3-4-6-19/h12-15,18-20,22,34H,3-11,16-17H2,1-2H3,(H,30,31)/t18-,20?,22?/m0/s1. The zero-order valence-electron chi connectivity index (χ0n) is 21.4. The lowest BCUT2D eigenvalue weighted by atomic mass is 9.85. The zero-order chi connectivity index (χ0) is 25.1. The van der Waals surface area contributed by atoms with E-state index in [-0.39, 0.29) is 17.9 Å². The van der Waals surface area contributed by atoms with E-state index in [0.29, 0.717) is 37.4 Å². The monoisotopic (exact) mass is 494 g/mol. The van der Waals surface area contributed by atoms with E-state index < -0.39 is 0 Å². The molecular weight excluding hydrogens is 456 g/mol. The number of hydrogen-bond acceptors (Lipinski definition) is 7. The first-order valence-electron chi connectivity index (χ1n) is 13.4. The number of rotatable bonds is 10. The Labute approximate surface area is 212 Å². The number of aliphatic hydroxyl groups excluding tert-OH is 1. The predicted octanol–water partition coefficient (Wildman–Crippen LogP) is 4.21. The molecule has 9 heteroatoms. The van der Waals surface area contributed by atoms with Crippen LogP contribution in [0.3, 0.4) is 0 Å². The van der Waals surface area contributed by atoms with Crippen LogP contribution >= 0.6 is 0 Å². The van der Waals surface area contributed by atoms with Gasteiger partial charge in [0.15, 0.2) is 5.78 Å². The number of carbonyl (C=O) groups excluding carboxylic acids is 1. The molecule has 0 spiro atoms. The van der Waals surface area contributed by atoms with Crippen LogP contribution in [0.5, 0.6) is 0 Å². The van der Waals surface area contributed by atoms with Crippen LogP contribution in [0.1, 0.15) is 76.3 Å². The molecule has 0 unspecified atom stereocenters. The summed E-state index contributed by atoms with van der Waals surface area (Å²) in [7, 11) is 1.68. The van der Waals surface area contributed by atoms with Gasteiger partial charge in [-0.1, -0.05) is 25.7 Å². The quantitative estimate of drug-likeness (QED) is 0.435. The van der Waals surface area contributed by atoms with Gasteiger partial charge in [0.2, 0.25) is 5.95 Å². The van der Waals surface area contributed by atoms with Crippen LogP contribution in [0.15, 0.2) is 24.7 Å². The van der Waals surface area contributed by atoms with Crippen molar-refractivity contribution in [3.63, 3.8) is 0 Å². The van der Waals surface area contributed by atoms with E-state index in [1.54, 1.807) is 11.8 Å². The van der Waals surface area contributed by atoms with Gasteiger partial charge in [0, 0.05) is 48.5 Å². The topological polar surface area (TPSA) is 107 Å². The Kier molecular flexibility index (Phi) is 7.67. The molecule has 0 radical (unpaired) electrons. The van der Waals surface area contributed by atoms with Crippen molar-refractivity contribution in [2.45, 2.75) is 89.3 Å². The minimum absolute atomic E-state index is 0.0794. The highest BCUT2D eigenvalue weighted by atomic mass is 16.5. The maximum Gasteiger partial charge on any atom is 0.241 e. The Morgan fingerprint density at radius 1 is 1.19 bits per heavy atom. The summed E-state index contributed by atoms with van der Waals surface area (Å²) in [6.07, 6.45) is 14.4. The first-order valence-corrected chi connectivity index (χ1v) is 13.4. The molecule has 2 aliphatic rings. The minimum atomic E-state index is -0.214. The van der Waals surface area contributed by atoms with Gasteiger partial charge >= 0.3 is 0 Å². The number of ether oxygens (including phenoxy) is 1. The molecule has 0 aliphatic heterocycles. The number of hydrogen-bond donors (Lipinski definition) is 2. The molecule has 36 heavy (non-hydrogen) atoms. The van der Waals surface area contributed by atoms with Gasteiger partial charge in [-0.2, -0.15) is 5.10 Å². The first kappa shape index (κ1) is 24.9. The van der Waals surface area contributed by atoms with E-state index in [0.717, 1.165) is 48.0 Å². The lowest BCUT2D eigenvalue weighted by Crippen LogP contribution is -2.23. The van der Waals surface area contributed by atoms with Crippen molar-refractivity contribution in [3.8, 4) is 11.1 Å². The Morgan fingerprint density at radius 2 is 1.97 bits per heavy atom. The van der Waals surface area contributed by atoms with Crippen LogP contribution in [0.2, 0.25) is 0 Å². The van der Waals surface area contributed by atoms with Crippen LogP contribution in [-0.2, 0) is 16.1 Å². The summed E-state index contributed by atoms with van der Waals surface area (Å²) in [6.45, 7) is 2.91. The molecule has 3 heterocycles. The summed E-state index contributed by atoms with van der Waals surface area (Å²) in [6, 6.07) is 2.27. The van der Waals surface area contributed by atoms with Gasteiger partial charge in [-0.15, -0.1) is 5.10 Å². The lowest BCUT2D eigenvalue weighted by molar-refractivity contribution is -0.120. The fraction of sp³-hybridized carbons (Fsp3) is 0.630. The van der Waals surface area contributed by atoms with Gasteiger partial charge in [-0.05, 0) is 44.6 Å². The second-order valence-corrected chi connectivity index (χ2v) is 10.7. The number of aromatic nitrogens is 5. The van der Waals surface area contributed by atoms with Crippen molar-refractivity contribution in [2.75, 3.05) is 19.0 Å². The molecule has 0 amide bonds. The normalized spacial score (nSPS) is 21.8. The fourth-order valence-electron chi connectivity index (χ4n) is 5.86. The maximum atomic E-state index is 12.6. The molecule has 194 valence electrons. The smallest absolute Gasteiger partial charge is 0.241 e. The van der Waals surface area contributed by atoms with E-state index in [2.05, 4.69) is 21.5 Å². The number of Topliss-reactive ketones (excluding diaryl/α,β-unsaturated/α-hetero) is 1. The van der Waals surface area contributed by atoms with Gasteiger partial charge in [0.1, 0.15) is 0 Å². The molecule has 5 rings (SSSR count). The molecule has 2 fully saturated rings. The molecule has 2 N–H and O–H groups in total. The van der Waals surface area contributed by atoms with E-state index in [9.17, 15) is 9.90 Å². The number of aliphatic hydroxyl groups is 1. The third-order valence-electron chi connectivity index (χ3n) is 7.73. The molecule has 9 nitrogen and oxygen atoms in total. The Hall–Kier alpha value is -2.78. The van der Waals surface area contributed by atoms with Crippen molar-refractivity contribution >= 4 is 17.2 Å². The number of anilines is 1. The number of carbonyl (C=O) groups is 1.